The number of carbonyl (C=O) groups excluding carboxylic acids is 1. The predicted octanol–water partition coefficient (Wildman–Crippen LogP) is 3.01. The van der Waals surface area contributed by atoms with Gasteiger partial charge in [-0.1, -0.05) is 12.1 Å². The molecule has 1 aliphatic heterocycles. The number of H-pyrrole nitrogens is 1. The smallest absolute Gasteiger partial charge is 0.410 e. The molecule has 0 atom stereocenters. The van der Waals surface area contributed by atoms with Crippen LogP contribution in [0.4, 0.5) is 10.5 Å². The van der Waals surface area contributed by atoms with Crippen molar-refractivity contribution in [3.8, 4) is 17.3 Å². The zero-order chi connectivity index (χ0) is 18.7. The second-order valence-electron chi connectivity index (χ2n) is 7.27. The molecule has 0 bridgehead atoms. The van der Waals surface area contributed by atoms with Gasteiger partial charge in [0, 0.05) is 31.7 Å². The SMILES string of the molecule is CC(C)(C)OC(=O)N1CCN(c2cn[nH]c2-c2ccc(C#N)cc2)CC1. The van der Waals surface area contributed by atoms with Crippen LogP contribution in [0.2, 0.25) is 0 Å². The van der Waals surface area contributed by atoms with Crippen molar-refractivity contribution in [2.75, 3.05) is 31.1 Å². The van der Waals surface area contributed by atoms with Crippen molar-refractivity contribution in [1.29, 1.82) is 5.26 Å². The van der Waals surface area contributed by atoms with Crippen molar-refractivity contribution in [3.05, 3.63) is 36.0 Å². The van der Waals surface area contributed by atoms with Gasteiger partial charge < -0.3 is 14.5 Å². The fraction of sp³-hybridized carbons (Fsp3) is 0.421. The van der Waals surface area contributed by atoms with Gasteiger partial charge in [0.2, 0.25) is 0 Å². The Kier molecular flexibility index (Phi) is 4.85. The molecule has 2 heterocycles. The lowest BCUT2D eigenvalue weighted by Crippen LogP contribution is -2.50. The minimum Gasteiger partial charge on any atom is -0.444 e. The van der Waals surface area contributed by atoms with E-state index in [0.717, 1.165) is 16.9 Å². The summed E-state index contributed by atoms with van der Waals surface area (Å²) in [4.78, 5) is 16.1. The van der Waals surface area contributed by atoms with E-state index in [1.54, 1.807) is 23.2 Å². The van der Waals surface area contributed by atoms with Gasteiger partial charge in [-0.3, -0.25) is 5.10 Å². The molecule has 0 radical (unpaired) electrons. The van der Waals surface area contributed by atoms with E-state index in [0.29, 0.717) is 31.7 Å². The summed E-state index contributed by atoms with van der Waals surface area (Å²) in [6, 6.07) is 9.53. The van der Waals surface area contributed by atoms with E-state index in [-0.39, 0.29) is 6.09 Å². The topological polar surface area (TPSA) is 85.2 Å². The first-order chi connectivity index (χ1) is 12.4. The van der Waals surface area contributed by atoms with Crippen LogP contribution in [0.1, 0.15) is 26.3 Å². The summed E-state index contributed by atoms with van der Waals surface area (Å²) in [5.41, 5.74) is 3.03. The number of ether oxygens (including phenoxy) is 1. The molecule has 1 aromatic carbocycles. The maximum atomic E-state index is 12.2. The average Bonchev–Trinajstić information content (AvgIpc) is 3.10. The van der Waals surface area contributed by atoms with Crippen molar-refractivity contribution in [2.24, 2.45) is 0 Å². The summed E-state index contributed by atoms with van der Waals surface area (Å²) < 4.78 is 5.44. The molecule has 1 fully saturated rings. The van der Waals surface area contributed by atoms with Gasteiger partial charge in [-0.2, -0.15) is 10.4 Å². The number of aromatic amines is 1. The Morgan fingerprint density at radius 2 is 1.85 bits per heavy atom. The summed E-state index contributed by atoms with van der Waals surface area (Å²) in [6.07, 6.45) is 1.54. The molecule has 136 valence electrons. The number of amides is 1. The van der Waals surface area contributed by atoms with Crippen molar-refractivity contribution < 1.29 is 9.53 Å². The first-order valence-electron chi connectivity index (χ1n) is 8.64. The van der Waals surface area contributed by atoms with Gasteiger partial charge in [0.15, 0.2) is 0 Å². The number of hydrogen-bond acceptors (Lipinski definition) is 5. The number of anilines is 1. The highest BCUT2D eigenvalue weighted by Crippen LogP contribution is 2.29. The monoisotopic (exact) mass is 353 g/mol. The molecule has 1 saturated heterocycles. The Hall–Kier alpha value is -3.01. The van der Waals surface area contributed by atoms with E-state index in [4.69, 9.17) is 10.00 Å². The molecule has 26 heavy (non-hydrogen) atoms. The number of rotatable bonds is 2. The van der Waals surface area contributed by atoms with Crippen LogP contribution in [0.3, 0.4) is 0 Å². The molecule has 0 spiro atoms. The zero-order valence-electron chi connectivity index (χ0n) is 15.3. The summed E-state index contributed by atoms with van der Waals surface area (Å²) in [6.45, 7) is 8.24. The molecule has 1 aromatic heterocycles. The lowest BCUT2D eigenvalue weighted by Gasteiger charge is -2.36. The number of nitrogens with one attached hydrogen (secondary N) is 1. The number of hydrogen-bond donors (Lipinski definition) is 1. The van der Waals surface area contributed by atoms with Crippen LogP contribution in [-0.4, -0.2) is 53.0 Å². The van der Waals surface area contributed by atoms with E-state index < -0.39 is 5.60 Å². The van der Waals surface area contributed by atoms with Crippen LogP contribution < -0.4 is 4.90 Å². The third-order valence-corrected chi connectivity index (χ3v) is 4.19. The highest BCUT2D eigenvalue weighted by Gasteiger charge is 2.27. The van der Waals surface area contributed by atoms with Crippen LogP contribution in [0.25, 0.3) is 11.3 Å². The number of piperazine rings is 1. The molecule has 3 rings (SSSR count). The fourth-order valence-electron chi connectivity index (χ4n) is 2.90. The second kappa shape index (κ2) is 7.08. The third-order valence-electron chi connectivity index (χ3n) is 4.19. The molecular weight excluding hydrogens is 330 g/mol. The normalized spacial score (nSPS) is 14.8. The first-order valence-corrected chi connectivity index (χ1v) is 8.64. The standard InChI is InChI=1S/C19H23N5O2/c1-19(2,3)26-18(25)24-10-8-23(9-11-24)16-13-21-22-17(16)15-6-4-14(12-20)5-7-15/h4-7,13H,8-11H2,1-3H3,(H,21,22). The molecule has 0 unspecified atom stereocenters. The second-order valence-corrected chi connectivity index (χ2v) is 7.27. The number of nitriles is 1. The van der Waals surface area contributed by atoms with Crippen molar-refractivity contribution in [3.63, 3.8) is 0 Å². The molecule has 7 nitrogen and oxygen atoms in total. The average molecular weight is 353 g/mol. The minimum absolute atomic E-state index is 0.267. The van der Waals surface area contributed by atoms with E-state index in [2.05, 4.69) is 21.2 Å². The Balaban J connectivity index is 1.68. The van der Waals surface area contributed by atoms with Gasteiger partial charge in [0.1, 0.15) is 5.60 Å². The molecule has 0 aliphatic carbocycles. The molecule has 2 aromatic rings. The van der Waals surface area contributed by atoms with Crippen LogP contribution in [-0.2, 0) is 4.74 Å². The Bertz CT molecular complexity index is 806. The highest BCUT2D eigenvalue weighted by atomic mass is 16.6. The summed E-state index contributed by atoms with van der Waals surface area (Å²) in [5.74, 6) is 0. The number of nitrogens with zero attached hydrogens (tertiary/aromatic N) is 4. The van der Waals surface area contributed by atoms with Crippen LogP contribution in [0.5, 0.6) is 0 Å². The molecule has 1 amide bonds. The zero-order valence-corrected chi connectivity index (χ0v) is 15.3. The summed E-state index contributed by atoms with van der Waals surface area (Å²) in [7, 11) is 0. The Morgan fingerprint density at radius 3 is 2.42 bits per heavy atom. The van der Waals surface area contributed by atoms with Gasteiger partial charge in [0.05, 0.1) is 29.2 Å². The molecule has 7 heteroatoms. The lowest BCUT2D eigenvalue weighted by atomic mass is 10.1. The lowest BCUT2D eigenvalue weighted by molar-refractivity contribution is 0.0240. The maximum Gasteiger partial charge on any atom is 0.410 e. The van der Waals surface area contributed by atoms with E-state index >= 15 is 0 Å². The van der Waals surface area contributed by atoms with Crippen molar-refractivity contribution in [2.45, 2.75) is 26.4 Å². The quantitative estimate of drug-likeness (QED) is 0.897. The van der Waals surface area contributed by atoms with Crippen molar-refractivity contribution >= 4 is 11.8 Å². The van der Waals surface area contributed by atoms with Crippen LogP contribution in [0.15, 0.2) is 30.5 Å². The number of carbonyl (C=O) groups is 1. The van der Waals surface area contributed by atoms with Gasteiger partial charge in [-0.15, -0.1) is 0 Å². The third kappa shape index (κ3) is 3.97. The van der Waals surface area contributed by atoms with E-state index in [9.17, 15) is 4.79 Å². The van der Waals surface area contributed by atoms with E-state index in [1.807, 2.05) is 32.9 Å². The van der Waals surface area contributed by atoms with Crippen LogP contribution >= 0.6 is 0 Å². The molecule has 1 N–H and O–H groups in total. The minimum atomic E-state index is -0.485. The Morgan fingerprint density at radius 1 is 1.19 bits per heavy atom. The predicted molar refractivity (Wildman–Crippen MR) is 98.8 cm³/mol. The number of benzene rings is 1. The molecule has 1 aliphatic rings. The molecule has 0 saturated carbocycles. The fourth-order valence-corrected chi connectivity index (χ4v) is 2.90. The maximum absolute atomic E-state index is 12.2. The van der Waals surface area contributed by atoms with Crippen molar-refractivity contribution in [1.82, 2.24) is 15.1 Å². The van der Waals surface area contributed by atoms with Crippen LogP contribution in [0, 0.1) is 11.3 Å². The molecular formula is C19H23N5O2. The Labute approximate surface area is 153 Å². The van der Waals surface area contributed by atoms with E-state index in [1.165, 1.54) is 0 Å². The summed E-state index contributed by atoms with van der Waals surface area (Å²) >= 11 is 0. The van der Waals surface area contributed by atoms with Gasteiger partial charge in [0.25, 0.3) is 0 Å². The highest BCUT2D eigenvalue weighted by molar-refractivity contribution is 5.75. The largest absolute Gasteiger partial charge is 0.444 e. The summed E-state index contributed by atoms with van der Waals surface area (Å²) in [5, 5.41) is 16.2. The van der Waals surface area contributed by atoms with Gasteiger partial charge in [-0.25, -0.2) is 4.79 Å². The first kappa shape index (κ1) is 17.8. The number of aromatic nitrogens is 2. The van der Waals surface area contributed by atoms with Gasteiger partial charge >= 0.3 is 6.09 Å². The van der Waals surface area contributed by atoms with Gasteiger partial charge in [-0.05, 0) is 32.9 Å².